The predicted octanol–water partition coefficient (Wildman–Crippen LogP) is 3.84. The molecule has 0 fully saturated rings. The highest BCUT2D eigenvalue weighted by Crippen LogP contribution is 2.31. The first-order chi connectivity index (χ1) is 12.0. The third kappa shape index (κ3) is 5.73. The first kappa shape index (κ1) is 20.2. The summed E-state index contributed by atoms with van der Waals surface area (Å²) in [6, 6.07) is 8.01. The van der Waals surface area contributed by atoms with Crippen LogP contribution in [0.4, 0.5) is 18.9 Å². The number of anilines is 1. The zero-order valence-electron chi connectivity index (χ0n) is 13.7. The van der Waals surface area contributed by atoms with Gasteiger partial charge < -0.3 is 0 Å². The molecule has 0 saturated heterocycles. The summed E-state index contributed by atoms with van der Waals surface area (Å²) in [5.74, 6) is -0.248. The number of carbonyl (C=O) groups excluding carboxylic acids is 1. The average molecular weight is 404 g/mol. The van der Waals surface area contributed by atoms with Crippen molar-refractivity contribution in [2.45, 2.75) is 23.4 Å². The van der Waals surface area contributed by atoms with Crippen molar-refractivity contribution in [3.05, 3.63) is 53.7 Å². The van der Waals surface area contributed by atoms with Crippen LogP contribution in [0.1, 0.15) is 22.8 Å². The fraction of sp³-hybridized carbons (Fsp3) is 0.250. The molecule has 1 atom stereocenters. The third-order valence-electron chi connectivity index (χ3n) is 3.20. The van der Waals surface area contributed by atoms with E-state index in [2.05, 4.69) is 9.71 Å². The highest BCUT2D eigenvalue weighted by atomic mass is 32.2. The second-order valence-electron chi connectivity index (χ2n) is 5.46. The number of ketones is 1. The zero-order valence-corrected chi connectivity index (χ0v) is 15.4. The second-order valence-corrected chi connectivity index (χ2v) is 8.57. The number of hydrogen-bond donors (Lipinski definition) is 1. The Bertz CT molecular complexity index is 880. The standard InChI is InChI=1S/C16H15F3N2O3S2/c1-10(25-14-8-5-12(9-20-14)16(17,18)19)15(22)11-3-6-13(7-4-11)21-26(2,23)24/h3-10,21H,1-2H3/t10-/m1/s1. The van der Waals surface area contributed by atoms with E-state index in [9.17, 15) is 26.4 Å². The molecule has 0 bridgehead atoms. The first-order valence-electron chi connectivity index (χ1n) is 7.28. The Kier molecular flexibility index (Phi) is 5.97. The quantitative estimate of drug-likeness (QED) is 0.585. The molecule has 0 aliphatic rings. The van der Waals surface area contributed by atoms with Gasteiger partial charge in [-0.1, -0.05) is 11.8 Å². The van der Waals surface area contributed by atoms with E-state index in [1.54, 1.807) is 6.92 Å². The lowest BCUT2D eigenvalue weighted by atomic mass is 10.1. The molecule has 0 unspecified atom stereocenters. The molecule has 0 saturated carbocycles. The minimum absolute atomic E-state index is 0.248. The number of thioether (sulfide) groups is 1. The molecule has 10 heteroatoms. The van der Waals surface area contributed by atoms with Crippen LogP contribution >= 0.6 is 11.8 Å². The monoisotopic (exact) mass is 404 g/mol. The Morgan fingerprint density at radius 2 is 1.77 bits per heavy atom. The number of alkyl halides is 3. The molecule has 1 N–H and O–H groups in total. The summed E-state index contributed by atoms with van der Waals surface area (Å²) < 4.78 is 62.2. The van der Waals surface area contributed by atoms with Crippen LogP contribution in [0.5, 0.6) is 0 Å². The molecule has 1 aromatic heterocycles. The largest absolute Gasteiger partial charge is 0.417 e. The van der Waals surface area contributed by atoms with Gasteiger partial charge in [-0.2, -0.15) is 13.2 Å². The predicted molar refractivity (Wildman–Crippen MR) is 93.8 cm³/mol. The smallest absolute Gasteiger partial charge is 0.293 e. The summed E-state index contributed by atoms with van der Waals surface area (Å²) >= 11 is 1.04. The molecule has 0 radical (unpaired) electrons. The lowest BCUT2D eigenvalue weighted by Gasteiger charge is -2.11. The maximum Gasteiger partial charge on any atom is 0.417 e. The van der Waals surface area contributed by atoms with Gasteiger partial charge in [-0.3, -0.25) is 9.52 Å². The van der Waals surface area contributed by atoms with Crippen LogP contribution in [0.2, 0.25) is 0 Å². The minimum atomic E-state index is -4.46. The Labute approximate surface area is 153 Å². The maximum atomic E-state index is 12.5. The van der Waals surface area contributed by atoms with Crippen molar-refractivity contribution in [3.63, 3.8) is 0 Å². The lowest BCUT2D eigenvalue weighted by Crippen LogP contribution is -2.14. The third-order valence-corrected chi connectivity index (χ3v) is 4.86. The number of nitrogens with one attached hydrogen (secondary N) is 1. The van der Waals surface area contributed by atoms with Crippen molar-refractivity contribution in [2.24, 2.45) is 0 Å². The van der Waals surface area contributed by atoms with Crippen LogP contribution in [0.15, 0.2) is 47.6 Å². The van der Waals surface area contributed by atoms with E-state index in [1.165, 1.54) is 30.3 Å². The number of pyridine rings is 1. The molecule has 2 rings (SSSR count). The SMILES string of the molecule is C[C@@H](Sc1ccc(C(F)(F)F)cn1)C(=O)c1ccc(NS(C)(=O)=O)cc1. The van der Waals surface area contributed by atoms with Crippen molar-refractivity contribution < 1.29 is 26.4 Å². The number of hydrogen-bond acceptors (Lipinski definition) is 5. The Morgan fingerprint density at radius 1 is 1.15 bits per heavy atom. The van der Waals surface area contributed by atoms with Crippen LogP contribution in [0, 0.1) is 0 Å². The summed E-state index contributed by atoms with van der Waals surface area (Å²) in [5.41, 5.74) is -0.167. The van der Waals surface area contributed by atoms with Crippen molar-refractivity contribution in [1.82, 2.24) is 4.98 Å². The molecule has 0 spiro atoms. The number of Topliss-reactive ketones (excluding diaryl/α,β-unsaturated/α-hetero) is 1. The molecule has 0 amide bonds. The molecule has 1 aromatic carbocycles. The van der Waals surface area contributed by atoms with Crippen LogP contribution in [0.3, 0.4) is 0 Å². The first-order valence-corrected chi connectivity index (χ1v) is 10.0. The van der Waals surface area contributed by atoms with Crippen LogP contribution in [-0.4, -0.2) is 30.7 Å². The number of nitrogens with zero attached hydrogens (tertiary/aromatic N) is 1. The highest BCUT2D eigenvalue weighted by Gasteiger charge is 2.30. The van der Waals surface area contributed by atoms with Gasteiger partial charge in [0.1, 0.15) is 0 Å². The maximum absolute atomic E-state index is 12.5. The van der Waals surface area contributed by atoms with Gasteiger partial charge in [0.15, 0.2) is 5.78 Å². The number of halogens is 3. The number of carbonyl (C=O) groups is 1. The van der Waals surface area contributed by atoms with Crippen LogP contribution in [0.25, 0.3) is 0 Å². The summed E-state index contributed by atoms with van der Waals surface area (Å²) in [6.45, 7) is 1.62. The molecule has 0 aliphatic carbocycles. The molecule has 1 heterocycles. The van der Waals surface area contributed by atoms with E-state index in [1.807, 2.05) is 0 Å². The number of aromatic nitrogens is 1. The van der Waals surface area contributed by atoms with Crippen molar-refractivity contribution in [2.75, 3.05) is 11.0 Å². The van der Waals surface area contributed by atoms with E-state index in [0.29, 0.717) is 16.3 Å². The minimum Gasteiger partial charge on any atom is -0.293 e. The van der Waals surface area contributed by atoms with Gasteiger partial charge in [-0.05, 0) is 43.3 Å². The van der Waals surface area contributed by atoms with E-state index < -0.39 is 27.0 Å². The summed E-state index contributed by atoms with van der Waals surface area (Å²) in [7, 11) is -3.41. The van der Waals surface area contributed by atoms with Gasteiger partial charge in [0.25, 0.3) is 0 Å². The highest BCUT2D eigenvalue weighted by molar-refractivity contribution is 8.00. The Hall–Kier alpha value is -2.07. The number of sulfonamides is 1. The molecule has 140 valence electrons. The van der Waals surface area contributed by atoms with Gasteiger partial charge in [0.05, 0.1) is 22.1 Å². The number of benzene rings is 1. The van der Waals surface area contributed by atoms with Crippen molar-refractivity contribution in [3.8, 4) is 0 Å². The van der Waals surface area contributed by atoms with E-state index >= 15 is 0 Å². The number of rotatable bonds is 6. The fourth-order valence-corrected chi connectivity index (χ4v) is 3.43. The molecule has 5 nitrogen and oxygen atoms in total. The lowest BCUT2D eigenvalue weighted by molar-refractivity contribution is -0.137. The summed E-state index contributed by atoms with van der Waals surface area (Å²) in [6.07, 6.45) is -2.72. The van der Waals surface area contributed by atoms with Gasteiger partial charge >= 0.3 is 6.18 Å². The van der Waals surface area contributed by atoms with Crippen LogP contribution < -0.4 is 4.72 Å². The van der Waals surface area contributed by atoms with Gasteiger partial charge in [-0.25, -0.2) is 13.4 Å². The Morgan fingerprint density at radius 3 is 2.23 bits per heavy atom. The van der Waals surface area contributed by atoms with Gasteiger partial charge in [0.2, 0.25) is 10.0 Å². The van der Waals surface area contributed by atoms with Crippen molar-refractivity contribution in [1.29, 1.82) is 0 Å². The fourth-order valence-electron chi connectivity index (χ4n) is 2.00. The topological polar surface area (TPSA) is 76.1 Å². The normalized spacial score (nSPS) is 13.3. The zero-order chi connectivity index (χ0) is 19.5. The van der Waals surface area contributed by atoms with Gasteiger partial charge in [-0.15, -0.1) is 0 Å². The van der Waals surface area contributed by atoms with Gasteiger partial charge in [0, 0.05) is 17.4 Å². The molecule has 0 aliphatic heterocycles. The molecule has 26 heavy (non-hydrogen) atoms. The summed E-state index contributed by atoms with van der Waals surface area (Å²) in [5, 5.41) is -0.276. The average Bonchev–Trinajstić information content (AvgIpc) is 2.53. The Balaban J connectivity index is 2.05. The summed E-state index contributed by atoms with van der Waals surface area (Å²) in [4.78, 5) is 16.1. The van der Waals surface area contributed by atoms with Crippen LogP contribution in [-0.2, 0) is 16.2 Å². The van der Waals surface area contributed by atoms with E-state index in [-0.39, 0.29) is 5.78 Å². The molecule has 2 aromatic rings. The van der Waals surface area contributed by atoms with Crippen molar-refractivity contribution >= 4 is 33.3 Å². The van der Waals surface area contributed by atoms with E-state index in [4.69, 9.17) is 0 Å². The molecular formula is C16H15F3N2O3S2. The van der Waals surface area contributed by atoms with E-state index in [0.717, 1.165) is 30.3 Å². The molecular weight excluding hydrogens is 389 g/mol. The second kappa shape index (κ2) is 7.67.